The van der Waals surface area contributed by atoms with E-state index in [1.54, 1.807) is 0 Å². The minimum absolute atomic E-state index is 0. The van der Waals surface area contributed by atoms with Gasteiger partial charge in [-0.3, -0.25) is 0 Å². The van der Waals surface area contributed by atoms with Crippen LogP contribution in [0, 0.1) is 37.7 Å². The van der Waals surface area contributed by atoms with Crippen LogP contribution in [0.2, 0.25) is 0 Å². The van der Waals surface area contributed by atoms with Gasteiger partial charge in [-0.05, 0) is 30.7 Å². The Morgan fingerprint density at radius 3 is 2.22 bits per heavy atom. The summed E-state index contributed by atoms with van der Waals surface area (Å²) in [4.78, 5) is 0. The van der Waals surface area contributed by atoms with E-state index in [0.29, 0.717) is 6.54 Å². The van der Waals surface area contributed by atoms with E-state index in [9.17, 15) is 0 Å². The quantitative estimate of drug-likeness (QED) is 0.333. The third-order valence-electron chi connectivity index (χ3n) is 2.46. The molecule has 1 rings (SSSR count). The maximum absolute atomic E-state index is 6.94. The molecule has 0 aliphatic rings. The van der Waals surface area contributed by atoms with Crippen LogP contribution in [0.1, 0.15) is 38.7 Å². The molecule has 0 bridgehead atoms. The van der Waals surface area contributed by atoms with Gasteiger partial charge < -0.3 is 5.73 Å². The monoisotopic (exact) mass is 417 g/mol. The molecule has 0 spiro atoms. The molecule has 0 saturated carbocycles. The van der Waals surface area contributed by atoms with E-state index in [1.165, 1.54) is 45.7 Å². The molecule has 1 unspecified atom stereocenters. The minimum Gasteiger partial charge on any atom is -0.677 e. The summed E-state index contributed by atoms with van der Waals surface area (Å²) in [6.45, 7) is 5.02. The second-order valence-electron chi connectivity index (χ2n) is 4.05. The van der Waals surface area contributed by atoms with Crippen molar-refractivity contribution >= 4 is 8.58 Å². The van der Waals surface area contributed by atoms with Crippen molar-refractivity contribution in [3.8, 4) is 0 Å². The summed E-state index contributed by atoms with van der Waals surface area (Å²) < 4.78 is 0. The summed E-state index contributed by atoms with van der Waals surface area (Å²) in [7, 11) is 1.22. The van der Waals surface area contributed by atoms with Gasteiger partial charge in [0.1, 0.15) is 0 Å². The summed E-state index contributed by atoms with van der Waals surface area (Å²) in [6, 6.07) is 10.1. The topological polar surface area (TPSA) is 23.8 Å². The Balaban J connectivity index is 0. The molecule has 0 aromatic heterocycles. The summed E-state index contributed by atoms with van der Waals surface area (Å²) in [6.07, 6.45) is 8.01. The molecule has 0 heterocycles. The molecule has 0 aliphatic heterocycles. The molecular formula is C15H27HoNP-. The van der Waals surface area contributed by atoms with Crippen LogP contribution in [0.25, 0.3) is 5.73 Å². The summed E-state index contributed by atoms with van der Waals surface area (Å²) in [5.41, 5.74) is 8.20. The van der Waals surface area contributed by atoms with Crippen molar-refractivity contribution in [3.63, 3.8) is 0 Å². The standard InChI is InChI=1S/C8H10N.C7H17P.Ho/c9-7-6-8-4-2-1-3-5-8;1-3-5-6-7-8-4-2;/h1-5,9H,6-7H2;8H,3-7H2,1-2H3;/q-1;;. The average Bonchev–Trinajstić information content (AvgIpc) is 2.37. The molecule has 1 nitrogen and oxygen atoms in total. The van der Waals surface area contributed by atoms with Crippen molar-refractivity contribution in [3.05, 3.63) is 41.6 Å². The molecule has 1 radical (unpaired) electrons. The van der Waals surface area contributed by atoms with Crippen molar-refractivity contribution < 1.29 is 37.7 Å². The molecule has 0 amide bonds. The van der Waals surface area contributed by atoms with Gasteiger partial charge in [-0.15, -0.1) is 15.1 Å². The maximum atomic E-state index is 6.94. The third-order valence-corrected chi connectivity index (χ3v) is 3.67. The van der Waals surface area contributed by atoms with Crippen LogP contribution < -0.4 is 0 Å². The van der Waals surface area contributed by atoms with E-state index in [0.717, 1.165) is 6.42 Å². The Morgan fingerprint density at radius 1 is 1.06 bits per heavy atom. The van der Waals surface area contributed by atoms with Crippen LogP contribution in [0.3, 0.4) is 0 Å². The first-order chi connectivity index (χ1) is 8.35. The van der Waals surface area contributed by atoms with Crippen molar-refractivity contribution in [1.29, 1.82) is 0 Å². The van der Waals surface area contributed by atoms with Crippen molar-refractivity contribution in [2.24, 2.45) is 0 Å². The van der Waals surface area contributed by atoms with Gasteiger partial charge in [-0.25, -0.2) is 0 Å². The fraction of sp³-hybridized carbons (Fsp3) is 0.600. The second-order valence-corrected chi connectivity index (χ2v) is 5.75. The largest absolute Gasteiger partial charge is 0.677 e. The van der Waals surface area contributed by atoms with Crippen molar-refractivity contribution in [2.75, 3.05) is 18.9 Å². The first kappa shape index (κ1) is 21.2. The predicted molar refractivity (Wildman–Crippen MR) is 82.6 cm³/mol. The Hall–Kier alpha value is 0.870. The van der Waals surface area contributed by atoms with E-state index < -0.39 is 0 Å². The van der Waals surface area contributed by atoms with E-state index in [4.69, 9.17) is 5.73 Å². The van der Waals surface area contributed by atoms with Gasteiger partial charge in [0.15, 0.2) is 0 Å². The van der Waals surface area contributed by atoms with Crippen molar-refractivity contribution in [2.45, 2.75) is 39.5 Å². The van der Waals surface area contributed by atoms with Crippen LogP contribution in [-0.2, 0) is 6.42 Å². The van der Waals surface area contributed by atoms with E-state index in [2.05, 4.69) is 26.0 Å². The van der Waals surface area contributed by atoms with Gasteiger partial charge in [0.2, 0.25) is 0 Å². The van der Waals surface area contributed by atoms with Crippen LogP contribution in [0.15, 0.2) is 30.3 Å². The number of hydrogen-bond acceptors (Lipinski definition) is 0. The molecule has 109 valence electrons. The van der Waals surface area contributed by atoms with Gasteiger partial charge >= 0.3 is 0 Å². The van der Waals surface area contributed by atoms with E-state index in [1.807, 2.05) is 18.2 Å². The molecule has 3 heteroatoms. The van der Waals surface area contributed by atoms with Crippen LogP contribution in [-0.4, -0.2) is 18.9 Å². The fourth-order valence-corrected chi connectivity index (χ4v) is 2.32. The number of unbranched alkanes of at least 4 members (excludes halogenated alkanes) is 2. The zero-order valence-electron chi connectivity index (χ0n) is 11.6. The molecule has 0 aliphatic carbocycles. The van der Waals surface area contributed by atoms with Gasteiger partial charge in [0, 0.05) is 37.7 Å². The van der Waals surface area contributed by atoms with Crippen LogP contribution >= 0.6 is 8.58 Å². The Bertz CT molecular complexity index is 236. The molecule has 1 atom stereocenters. The number of nitrogens with one attached hydrogen (secondary N) is 1. The van der Waals surface area contributed by atoms with Crippen LogP contribution in [0.5, 0.6) is 0 Å². The molecule has 0 fully saturated rings. The Kier molecular flexibility index (Phi) is 21.0. The zero-order chi connectivity index (χ0) is 12.8. The zero-order valence-corrected chi connectivity index (χ0v) is 14.6. The fourth-order valence-electron chi connectivity index (χ4n) is 1.47. The first-order valence-corrected chi connectivity index (χ1v) is 8.15. The van der Waals surface area contributed by atoms with Gasteiger partial charge in [0.05, 0.1) is 0 Å². The Labute approximate surface area is 145 Å². The normalized spacial score (nSPS) is 9.72. The number of rotatable bonds is 7. The number of benzene rings is 1. The first-order valence-electron chi connectivity index (χ1n) is 6.74. The predicted octanol–water partition coefficient (Wildman–Crippen LogP) is 5.16. The Morgan fingerprint density at radius 2 is 1.72 bits per heavy atom. The molecule has 18 heavy (non-hydrogen) atoms. The molecule has 1 aromatic rings. The molecule has 1 aromatic carbocycles. The SMILES string of the molecule is CCCCCPCC.[Ho].[NH-]CCc1ccccc1. The minimum atomic E-state index is 0. The maximum Gasteiger partial charge on any atom is 0 e. The van der Waals surface area contributed by atoms with E-state index in [-0.39, 0.29) is 37.7 Å². The van der Waals surface area contributed by atoms with Crippen LogP contribution in [0.4, 0.5) is 0 Å². The summed E-state index contributed by atoms with van der Waals surface area (Å²) >= 11 is 0. The molecule has 1 N–H and O–H groups in total. The molecular weight excluding hydrogens is 390 g/mol. The average molecular weight is 417 g/mol. The number of hydrogen-bond donors (Lipinski definition) is 0. The van der Waals surface area contributed by atoms with Gasteiger partial charge in [0.25, 0.3) is 0 Å². The summed E-state index contributed by atoms with van der Waals surface area (Å²) in [5, 5.41) is 0. The smallest absolute Gasteiger partial charge is 0 e. The third kappa shape index (κ3) is 14.9. The van der Waals surface area contributed by atoms with Gasteiger partial charge in [-0.1, -0.05) is 57.0 Å². The summed E-state index contributed by atoms with van der Waals surface area (Å²) in [5.74, 6) is 0. The van der Waals surface area contributed by atoms with E-state index >= 15 is 0 Å². The van der Waals surface area contributed by atoms with Gasteiger partial charge in [-0.2, -0.15) is 0 Å². The second kappa shape index (κ2) is 17.9. The molecule has 0 saturated heterocycles. The van der Waals surface area contributed by atoms with Crippen molar-refractivity contribution in [1.82, 2.24) is 0 Å².